The van der Waals surface area contributed by atoms with Crippen LogP contribution in [0.15, 0.2) is 34.8 Å². The van der Waals surface area contributed by atoms with Crippen LogP contribution in [-0.2, 0) is 0 Å². The van der Waals surface area contributed by atoms with E-state index in [1.54, 1.807) is 24.3 Å². The zero-order valence-electron chi connectivity index (χ0n) is 10.6. The van der Waals surface area contributed by atoms with E-state index in [9.17, 15) is 9.50 Å². The van der Waals surface area contributed by atoms with Crippen molar-refractivity contribution in [1.29, 1.82) is 0 Å². The Morgan fingerprint density at radius 2 is 2.10 bits per heavy atom. The Morgan fingerprint density at radius 3 is 2.75 bits per heavy atom. The summed E-state index contributed by atoms with van der Waals surface area (Å²) in [5.74, 6) is 0.382. The molecule has 1 aliphatic rings. The van der Waals surface area contributed by atoms with Gasteiger partial charge in [-0.2, -0.15) is 0 Å². The molecule has 1 atom stereocenters. The van der Waals surface area contributed by atoms with Crippen LogP contribution in [0.5, 0.6) is 0 Å². The zero-order chi connectivity index (χ0) is 14.1. The Morgan fingerprint density at radius 1 is 1.25 bits per heavy atom. The summed E-state index contributed by atoms with van der Waals surface area (Å²) < 4.78 is 14.6. The number of hydrogen-bond acceptors (Lipinski definition) is 4. The summed E-state index contributed by atoms with van der Waals surface area (Å²) in [5, 5.41) is 17.7. The molecule has 4 nitrogen and oxygen atoms in total. The number of aliphatic hydroxyl groups is 1. The topological polar surface area (TPSA) is 49.2 Å². The summed E-state index contributed by atoms with van der Waals surface area (Å²) in [6, 6.07) is 8.27. The van der Waals surface area contributed by atoms with Crippen molar-refractivity contribution < 1.29 is 9.50 Å². The van der Waals surface area contributed by atoms with Crippen molar-refractivity contribution in [2.45, 2.75) is 12.5 Å². The van der Waals surface area contributed by atoms with Gasteiger partial charge >= 0.3 is 0 Å². The van der Waals surface area contributed by atoms with E-state index in [0.29, 0.717) is 23.6 Å². The predicted octanol–water partition coefficient (Wildman–Crippen LogP) is 2.62. The van der Waals surface area contributed by atoms with Gasteiger partial charge in [-0.15, -0.1) is 10.2 Å². The molecule has 104 valence electrons. The molecule has 1 aromatic carbocycles. The average Bonchev–Trinajstić information content (AvgIpc) is 2.88. The van der Waals surface area contributed by atoms with E-state index in [1.165, 1.54) is 6.07 Å². The van der Waals surface area contributed by atoms with E-state index < -0.39 is 0 Å². The molecule has 1 unspecified atom stereocenters. The summed E-state index contributed by atoms with van der Waals surface area (Å²) >= 11 is 3.32. The number of β-amino-alcohol motifs (C(OH)–C–C–N with tert-alkyl or cyclic N) is 1. The summed E-state index contributed by atoms with van der Waals surface area (Å²) in [5.41, 5.74) is 0.909. The second kappa shape index (κ2) is 5.46. The van der Waals surface area contributed by atoms with Crippen LogP contribution in [-0.4, -0.2) is 34.5 Å². The van der Waals surface area contributed by atoms with Crippen molar-refractivity contribution in [3.8, 4) is 11.3 Å². The first-order chi connectivity index (χ1) is 9.63. The molecule has 1 aromatic heterocycles. The maximum Gasteiger partial charge on any atom is 0.151 e. The first-order valence-corrected chi connectivity index (χ1v) is 7.15. The lowest BCUT2D eigenvalue weighted by atomic mass is 10.1. The van der Waals surface area contributed by atoms with E-state index in [1.807, 2.05) is 4.90 Å². The molecule has 2 heterocycles. The normalized spacial score (nSPS) is 18.6. The third-order valence-electron chi connectivity index (χ3n) is 3.34. The van der Waals surface area contributed by atoms with Crippen LogP contribution >= 0.6 is 15.9 Å². The number of aliphatic hydroxyl groups excluding tert-OH is 1. The van der Waals surface area contributed by atoms with Gasteiger partial charge in [0.05, 0.1) is 11.8 Å². The lowest BCUT2D eigenvalue weighted by Crippen LogP contribution is -2.22. The molecule has 0 amide bonds. The number of aromatic nitrogens is 2. The van der Waals surface area contributed by atoms with Crippen molar-refractivity contribution >= 4 is 21.7 Å². The number of anilines is 1. The Bertz CT molecular complexity index is 620. The Hall–Kier alpha value is -1.53. The minimum absolute atomic E-state index is 0.306. The summed E-state index contributed by atoms with van der Waals surface area (Å²) in [7, 11) is 0. The monoisotopic (exact) mass is 337 g/mol. The van der Waals surface area contributed by atoms with E-state index >= 15 is 0 Å². The molecule has 1 N–H and O–H groups in total. The van der Waals surface area contributed by atoms with Gasteiger partial charge in [-0.1, -0.05) is 15.9 Å². The molecule has 0 radical (unpaired) electrons. The third-order valence-corrected chi connectivity index (χ3v) is 3.84. The minimum atomic E-state index is -0.327. The van der Waals surface area contributed by atoms with Crippen molar-refractivity contribution in [2.75, 3.05) is 18.0 Å². The van der Waals surface area contributed by atoms with Crippen molar-refractivity contribution in [3.63, 3.8) is 0 Å². The van der Waals surface area contributed by atoms with Gasteiger partial charge in [0.25, 0.3) is 0 Å². The van der Waals surface area contributed by atoms with Crippen molar-refractivity contribution in [3.05, 3.63) is 40.6 Å². The van der Waals surface area contributed by atoms with Crippen LogP contribution < -0.4 is 4.90 Å². The lowest BCUT2D eigenvalue weighted by Gasteiger charge is -2.15. The van der Waals surface area contributed by atoms with Crippen LogP contribution in [0, 0.1) is 5.82 Å². The highest BCUT2D eigenvalue weighted by molar-refractivity contribution is 9.10. The van der Waals surface area contributed by atoms with E-state index in [-0.39, 0.29) is 11.9 Å². The molecule has 6 heteroatoms. The van der Waals surface area contributed by atoms with E-state index in [0.717, 1.165) is 17.4 Å². The first-order valence-electron chi connectivity index (χ1n) is 6.35. The molecular formula is C14H13BrFN3O. The SMILES string of the molecule is OC1CCN(c2ccc(-c3cc(Br)ccc3F)nn2)C1. The van der Waals surface area contributed by atoms with Crippen LogP contribution in [0.25, 0.3) is 11.3 Å². The fraction of sp³-hybridized carbons (Fsp3) is 0.286. The number of rotatable bonds is 2. The molecule has 0 bridgehead atoms. The largest absolute Gasteiger partial charge is 0.391 e. The quantitative estimate of drug-likeness (QED) is 0.915. The van der Waals surface area contributed by atoms with Gasteiger partial charge in [0.15, 0.2) is 5.82 Å². The van der Waals surface area contributed by atoms with Crippen LogP contribution in [0.2, 0.25) is 0 Å². The molecule has 1 saturated heterocycles. The first kappa shape index (κ1) is 13.5. The van der Waals surface area contributed by atoms with Gasteiger partial charge in [0, 0.05) is 23.1 Å². The fourth-order valence-corrected chi connectivity index (χ4v) is 2.64. The Labute approximate surface area is 124 Å². The molecule has 2 aromatic rings. The predicted molar refractivity (Wildman–Crippen MR) is 78.0 cm³/mol. The third kappa shape index (κ3) is 2.66. The Balaban J connectivity index is 1.87. The minimum Gasteiger partial charge on any atom is -0.391 e. The van der Waals surface area contributed by atoms with Gasteiger partial charge in [0.2, 0.25) is 0 Å². The summed E-state index contributed by atoms with van der Waals surface area (Å²) in [6.45, 7) is 1.33. The molecule has 1 fully saturated rings. The van der Waals surface area contributed by atoms with E-state index in [2.05, 4.69) is 26.1 Å². The van der Waals surface area contributed by atoms with Crippen LogP contribution in [0.1, 0.15) is 6.42 Å². The highest BCUT2D eigenvalue weighted by Crippen LogP contribution is 2.26. The van der Waals surface area contributed by atoms with Crippen molar-refractivity contribution in [1.82, 2.24) is 10.2 Å². The average molecular weight is 338 g/mol. The molecule has 0 spiro atoms. The molecular weight excluding hydrogens is 325 g/mol. The molecule has 20 heavy (non-hydrogen) atoms. The molecule has 3 rings (SSSR count). The van der Waals surface area contributed by atoms with Gasteiger partial charge in [-0.25, -0.2) is 4.39 Å². The highest BCUT2D eigenvalue weighted by atomic mass is 79.9. The van der Waals surface area contributed by atoms with Gasteiger partial charge in [0.1, 0.15) is 5.82 Å². The van der Waals surface area contributed by atoms with Gasteiger partial charge in [-0.3, -0.25) is 0 Å². The summed E-state index contributed by atoms with van der Waals surface area (Å²) in [4.78, 5) is 1.97. The number of hydrogen-bond donors (Lipinski definition) is 1. The molecule has 0 saturated carbocycles. The maximum absolute atomic E-state index is 13.8. The summed E-state index contributed by atoms with van der Waals surface area (Å²) in [6.07, 6.45) is 0.433. The van der Waals surface area contributed by atoms with Gasteiger partial charge < -0.3 is 10.0 Å². The lowest BCUT2D eigenvalue weighted by molar-refractivity contribution is 0.198. The highest BCUT2D eigenvalue weighted by Gasteiger charge is 2.21. The second-order valence-corrected chi connectivity index (χ2v) is 5.71. The zero-order valence-corrected chi connectivity index (χ0v) is 12.2. The molecule has 1 aliphatic heterocycles. The maximum atomic E-state index is 13.8. The standard InChI is InChI=1S/C14H13BrFN3O/c15-9-1-2-12(16)11(7-9)13-3-4-14(18-17-13)19-6-5-10(20)8-19/h1-4,7,10,20H,5-6,8H2. The molecule has 0 aliphatic carbocycles. The van der Waals surface area contributed by atoms with Crippen molar-refractivity contribution in [2.24, 2.45) is 0 Å². The second-order valence-electron chi connectivity index (χ2n) is 4.79. The number of benzene rings is 1. The van der Waals surface area contributed by atoms with Gasteiger partial charge in [-0.05, 0) is 36.8 Å². The smallest absolute Gasteiger partial charge is 0.151 e. The Kier molecular flexibility index (Phi) is 3.67. The van der Waals surface area contributed by atoms with E-state index in [4.69, 9.17) is 0 Å². The number of halogens is 2. The van der Waals surface area contributed by atoms with Crippen LogP contribution in [0.3, 0.4) is 0 Å². The fourth-order valence-electron chi connectivity index (χ4n) is 2.28. The number of nitrogens with zero attached hydrogens (tertiary/aromatic N) is 3. The van der Waals surface area contributed by atoms with Crippen LogP contribution in [0.4, 0.5) is 10.2 Å².